The Bertz CT molecular complexity index is 853. The van der Waals surface area contributed by atoms with E-state index in [4.69, 9.17) is 4.74 Å². The van der Waals surface area contributed by atoms with Crippen LogP contribution in [0.25, 0.3) is 0 Å². The smallest absolute Gasteiger partial charge is 0.253 e. The zero-order chi connectivity index (χ0) is 23.1. The molecule has 0 spiro atoms. The summed E-state index contributed by atoms with van der Waals surface area (Å²) >= 11 is 0. The van der Waals surface area contributed by atoms with Gasteiger partial charge in [0.1, 0.15) is 6.10 Å². The fraction of sp³-hybridized carbons (Fsp3) is 0.708. The summed E-state index contributed by atoms with van der Waals surface area (Å²) in [6.45, 7) is 8.42. The summed E-state index contributed by atoms with van der Waals surface area (Å²) in [5, 5.41) is 3.00. The van der Waals surface area contributed by atoms with E-state index in [-0.39, 0.29) is 24.4 Å². The van der Waals surface area contributed by atoms with Gasteiger partial charge in [0.15, 0.2) is 0 Å². The van der Waals surface area contributed by atoms with E-state index >= 15 is 0 Å². The minimum absolute atomic E-state index is 0. The quantitative estimate of drug-likeness (QED) is 0.530. The molecular formula is C24H40ClN3O4S. The number of nitrogens with zero attached hydrogens (tertiary/aromatic N) is 2. The van der Waals surface area contributed by atoms with E-state index in [9.17, 15) is 13.2 Å². The minimum Gasteiger partial charge on any atom is -0.368 e. The Labute approximate surface area is 205 Å². The molecule has 2 aliphatic rings. The highest BCUT2D eigenvalue weighted by atomic mass is 35.5. The van der Waals surface area contributed by atoms with Crippen molar-refractivity contribution >= 4 is 34.0 Å². The van der Waals surface area contributed by atoms with Gasteiger partial charge in [-0.2, -0.15) is 0 Å². The number of benzene rings is 1. The molecule has 1 aromatic rings. The van der Waals surface area contributed by atoms with E-state index in [1.165, 1.54) is 11.8 Å². The number of anilines is 1. The van der Waals surface area contributed by atoms with Gasteiger partial charge < -0.3 is 15.0 Å². The van der Waals surface area contributed by atoms with Gasteiger partial charge in [0, 0.05) is 38.0 Å². The van der Waals surface area contributed by atoms with Gasteiger partial charge in [0.2, 0.25) is 10.0 Å². The highest BCUT2D eigenvalue weighted by Crippen LogP contribution is 2.23. The number of hydrogen-bond acceptors (Lipinski definition) is 5. The Balaban J connectivity index is 0.00000385. The summed E-state index contributed by atoms with van der Waals surface area (Å²) < 4.78 is 30.6. The van der Waals surface area contributed by atoms with E-state index in [0.717, 1.165) is 57.3 Å². The van der Waals surface area contributed by atoms with Gasteiger partial charge in [0.05, 0.1) is 6.26 Å². The van der Waals surface area contributed by atoms with Crippen LogP contribution in [0.5, 0.6) is 0 Å². The Morgan fingerprint density at radius 2 is 2.00 bits per heavy atom. The average Bonchev–Trinajstić information content (AvgIpc) is 3.28. The predicted molar refractivity (Wildman–Crippen MR) is 135 cm³/mol. The maximum absolute atomic E-state index is 12.4. The normalized spacial score (nSPS) is 21.0. The summed E-state index contributed by atoms with van der Waals surface area (Å²) in [4.78, 5) is 14.9. The molecule has 3 rings (SSSR count). The van der Waals surface area contributed by atoms with Crippen LogP contribution >= 0.6 is 12.4 Å². The number of amides is 1. The Morgan fingerprint density at radius 1 is 1.27 bits per heavy atom. The molecule has 1 N–H and O–H groups in total. The van der Waals surface area contributed by atoms with Gasteiger partial charge in [-0.25, -0.2) is 12.7 Å². The third-order valence-corrected chi connectivity index (χ3v) is 7.92. The van der Waals surface area contributed by atoms with E-state index in [1.54, 1.807) is 4.31 Å². The average molecular weight is 502 g/mol. The van der Waals surface area contributed by atoms with Crippen LogP contribution in [0.1, 0.15) is 51.5 Å². The first kappa shape index (κ1) is 28.1. The molecule has 2 heterocycles. The summed E-state index contributed by atoms with van der Waals surface area (Å²) in [5.74, 6) is 0.472. The summed E-state index contributed by atoms with van der Waals surface area (Å²) in [5.41, 5.74) is 2.03. The van der Waals surface area contributed by atoms with Gasteiger partial charge in [-0.3, -0.25) is 4.79 Å². The van der Waals surface area contributed by atoms with Crippen molar-refractivity contribution < 1.29 is 17.9 Å². The van der Waals surface area contributed by atoms with E-state index in [1.807, 2.05) is 12.1 Å². The zero-order valence-electron chi connectivity index (χ0n) is 20.2. The highest BCUT2D eigenvalue weighted by molar-refractivity contribution is 7.88. The molecular weight excluding hydrogens is 462 g/mol. The molecule has 0 aromatic heterocycles. The van der Waals surface area contributed by atoms with Crippen molar-refractivity contribution in [1.82, 2.24) is 9.21 Å². The summed E-state index contributed by atoms with van der Waals surface area (Å²) in [6, 6.07) is 8.48. The predicted octanol–water partition coefficient (Wildman–Crippen LogP) is 3.54. The maximum atomic E-state index is 12.4. The third kappa shape index (κ3) is 8.51. The number of halogens is 1. The summed E-state index contributed by atoms with van der Waals surface area (Å²) in [7, 11) is -3.08. The van der Waals surface area contributed by atoms with Crippen LogP contribution in [-0.4, -0.2) is 74.7 Å². The second-order valence-electron chi connectivity index (χ2n) is 9.34. The van der Waals surface area contributed by atoms with Gasteiger partial charge in [-0.1, -0.05) is 19.1 Å². The first-order valence-corrected chi connectivity index (χ1v) is 13.8. The van der Waals surface area contributed by atoms with Crippen molar-refractivity contribution in [2.45, 2.75) is 64.5 Å². The van der Waals surface area contributed by atoms with E-state index in [2.05, 4.69) is 36.2 Å². The Hall–Kier alpha value is -1.19. The lowest BCUT2D eigenvalue weighted by atomic mass is 9.96. The zero-order valence-corrected chi connectivity index (χ0v) is 21.8. The van der Waals surface area contributed by atoms with E-state index < -0.39 is 10.0 Å². The molecule has 2 aliphatic heterocycles. The lowest BCUT2D eigenvalue weighted by Crippen LogP contribution is -2.44. The SMILES string of the molecule is CCCN(CC1CCN(S(C)(=O)=O)CC1)[C@@H](C)Cc1cccc(NC(=O)C2CCCO2)c1.Cl. The van der Waals surface area contributed by atoms with Crippen molar-refractivity contribution in [3.8, 4) is 0 Å². The molecule has 9 heteroatoms. The fourth-order valence-corrected chi connectivity index (χ4v) is 5.66. The number of carbonyl (C=O) groups excluding carboxylic acids is 1. The number of ether oxygens (including phenoxy) is 1. The van der Waals surface area contributed by atoms with Crippen LogP contribution in [0.4, 0.5) is 5.69 Å². The number of rotatable bonds is 10. The molecule has 1 amide bonds. The van der Waals surface area contributed by atoms with E-state index in [0.29, 0.717) is 31.7 Å². The monoisotopic (exact) mass is 501 g/mol. The van der Waals surface area contributed by atoms with Crippen LogP contribution in [0.15, 0.2) is 24.3 Å². The molecule has 0 bridgehead atoms. The molecule has 1 aromatic carbocycles. The molecule has 0 radical (unpaired) electrons. The fourth-order valence-electron chi connectivity index (χ4n) is 4.79. The maximum Gasteiger partial charge on any atom is 0.253 e. The molecule has 7 nitrogen and oxygen atoms in total. The second kappa shape index (κ2) is 13.0. The standard InChI is InChI=1S/C24H39N3O4S.ClH/c1-4-12-26(18-20-10-13-27(14-11-20)32(3,29)30)19(2)16-21-7-5-8-22(17-21)25-24(28)23-9-6-15-31-23;/h5,7-8,17,19-20,23H,4,6,9-16,18H2,1-3H3,(H,25,28);1H/t19-,23?;/m0./s1. The van der Waals surface area contributed by atoms with Crippen LogP contribution in [0.3, 0.4) is 0 Å². The van der Waals surface area contributed by atoms with Crippen LogP contribution < -0.4 is 5.32 Å². The van der Waals surface area contributed by atoms with Gasteiger partial charge in [0.25, 0.3) is 5.91 Å². The first-order chi connectivity index (χ1) is 15.3. The summed E-state index contributed by atoms with van der Waals surface area (Å²) in [6.07, 6.45) is 6.54. The van der Waals surface area contributed by atoms with Gasteiger partial charge in [-0.05, 0) is 75.6 Å². The lowest BCUT2D eigenvalue weighted by molar-refractivity contribution is -0.124. The number of sulfonamides is 1. The van der Waals surface area contributed by atoms with Crippen LogP contribution in [0, 0.1) is 5.92 Å². The van der Waals surface area contributed by atoms with Crippen molar-refractivity contribution in [1.29, 1.82) is 0 Å². The van der Waals surface area contributed by atoms with Crippen LogP contribution in [-0.2, 0) is 26.0 Å². The minimum atomic E-state index is -3.08. The number of hydrogen-bond donors (Lipinski definition) is 1. The molecule has 1 unspecified atom stereocenters. The molecule has 2 atom stereocenters. The second-order valence-corrected chi connectivity index (χ2v) is 11.3. The Morgan fingerprint density at radius 3 is 2.61 bits per heavy atom. The topological polar surface area (TPSA) is 79.0 Å². The largest absolute Gasteiger partial charge is 0.368 e. The molecule has 0 aliphatic carbocycles. The number of piperidine rings is 1. The first-order valence-electron chi connectivity index (χ1n) is 12.0. The molecule has 2 saturated heterocycles. The third-order valence-electron chi connectivity index (χ3n) is 6.62. The van der Waals surface area contributed by atoms with Crippen molar-refractivity contribution in [3.05, 3.63) is 29.8 Å². The number of nitrogens with one attached hydrogen (secondary N) is 1. The lowest BCUT2D eigenvalue weighted by Gasteiger charge is -2.36. The molecule has 2 fully saturated rings. The van der Waals surface area contributed by atoms with Crippen molar-refractivity contribution in [2.75, 3.05) is 44.4 Å². The molecule has 188 valence electrons. The van der Waals surface area contributed by atoms with Crippen LogP contribution in [0.2, 0.25) is 0 Å². The number of carbonyl (C=O) groups is 1. The highest BCUT2D eigenvalue weighted by Gasteiger charge is 2.27. The van der Waals surface area contributed by atoms with Crippen molar-refractivity contribution in [3.63, 3.8) is 0 Å². The molecule has 0 saturated carbocycles. The Kier molecular flexibility index (Phi) is 11.1. The van der Waals surface area contributed by atoms with Gasteiger partial charge >= 0.3 is 0 Å². The van der Waals surface area contributed by atoms with Gasteiger partial charge in [-0.15, -0.1) is 12.4 Å². The molecule has 33 heavy (non-hydrogen) atoms. The van der Waals surface area contributed by atoms with Crippen molar-refractivity contribution in [2.24, 2.45) is 5.92 Å².